The summed E-state index contributed by atoms with van der Waals surface area (Å²) in [6, 6.07) is 9.05. The van der Waals surface area contributed by atoms with Crippen LogP contribution in [-0.2, 0) is 15.7 Å². The molecule has 1 fully saturated rings. The second-order valence-corrected chi connectivity index (χ2v) is 11.7. The van der Waals surface area contributed by atoms with Crippen molar-refractivity contribution in [2.75, 3.05) is 0 Å². The number of hydrogen-bond donors (Lipinski definition) is 0. The van der Waals surface area contributed by atoms with Gasteiger partial charge in [0.1, 0.15) is 0 Å². The fourth-order valence-corrected chi connectivity index (χ4v) is 5.99. The summed E-state index contributed by atoms with van der Waals surface area (Å²) in [6.45, 7) is 13.0. The first-order chi connectivity index (χ1) is 13.8. The minimum atomic E-state index is -0.288. The molecule has 0 aliphatic carbocycles. The minimum absolute atomic E-state index is 0.259. The van der Waals surface area contributed by atoms with Gasteiger partial charge in [-0.05, 0) is 58.2 Å². The molecular weight excluding hydrogens is 395 g/mol. The van der Waals surface area contributed by atoms with Crippen molar-refractivity contribution in [1.29, 1.82) is 0 Å². The van der Waals surface area contributed by atoms with Gasteiger partial charge in [0, 0.05) is 19.4 Å². The first-order valence-corrected chi connectivity index (χ1v) is 12.9. The second-order valence-electron chi connectivity index (χ2n) is 9.41. The van der Waals surface area contributed by atoms with Crippen LogP contribution >= 0.6 is 22.7 Å². The van der Waals surface area contributed by atoms with Gasteiger partial charge in [-0.15, -0.1) is 22.7 Å². The zero-order chi connectivity index (χ0) is 21.1. The van der Waals surface area contributed by atoms with Gasteiger partial charge in [0.05, 0.1) is 11.2 Å². The van der Waals surface area contributed by atoms with Gasteiger partial charge in [0.2, 0.25) is 0 Å². The Bertz CT molecular complexity index is 753. The topological polar surface area (TPSA) is 18.5 Å². The molecule has 0 saturated carbocycles. The predicted octanol–water partition coefficient (Wildman–Crippen LogP) is 7.31. The largest absolute Gasteiger partial charge is 0.505 e. The SMILES string of the molecule is CCCCC(CCCC)Cc1ccc(-c2ccc(B3OC(C)(C)C(C)(C)O3)s2)s1. The molecule has 3 rings (SSSR count). The monoisotopic (exact) mass is 432 g/mol. The van der Waals surface area contributed by atoms with Crippen molar-refractivity contribution in [3.63, 3.8) is 0 Å². The maximum atomic E-state index is 6.22. The van der Waals surface area contributed by atoms with E-state index in [0.29, 0.717) is 0 Å². The highest BCUT2D eigenvalue weighted by atomic mass is 32.1. The Morgan fingerprint density at radius 3 is 1.97 bits per heavy atom. The molecular formula is C24H37BO2S2. The molecule has 0 spiro atoms. The first-order valence-electron chi connectivity index (χ1n) is 11.3. The van der Waals surface area contributed by atoms with E-state index in [9.17, 15) is 0 Å². The fraction of sp³-hybridized carbons (Fsp3) is 0.667. The van der Waals surface area contributed by atoms with E-state index in [-0.39, 0.29) is 18.3 Å². The third-order valence-electron chi connectivity index (χ3n) is 6.44. The molecule has 0 atom stereocenters. The van der Waals surface area contributed by atoms with E-state index in [4.69, 9.17) is 9.31 Å². The maximum Gasteiger partial charge on any atom is 0.505 e. The molecule has 1 aliphatic rings. The molecule has 29 heavy (non-hydrogen) atoms. The summed E-state index contributed by atoms with van der Waals surface area (Å²) < 4.78 is 13.6. The van der Waals surface area contributed by atoms with Crippen molar-refractivity contribution >= 4 is 34.6 Å². The maximum absolute atomic E-state index is 6.22. The number of thiophene rings is 2. The lowest BCUT2D eigenvalue weighted by Gasteiger charge is -2.32. The molecule has 0 radical (unpaired) electrons. The first kappa shape index (κ1) is 23.1. The molecule has 1 aliphatic heterocycles. The average molecular weight is 433 g/mol. The molecule has 3 heterocycles. The molecule has 0 unspecified atom stereocenters. The van der Waals surface area contributed by atoms with E-state index < -0.39 is 0 Å². The van der Waals surface area contributed by atoms with Gasteiger partial charge in [-0.25, -0.2) is 0 Å². The van der Waals surface area contributed by atoms with Gasteiger partial charge in [0.25, 0.3) is 0 Å². The van der Waals surface area contributed by atoms with E-state index in [1.54, 1.807) is 11.3 Å². The summed E-state index contributed by atoms with van der Waals surface area (Å²) in [5.41, 5.74) is -0.576. The van der Waals surface area contributed by atoms with Crippen LogP contribution in [0.1, 0.15) is 84.9 Å². The minimum Gasteiger partial charge on any atom is -0.399 e. The van der Waals surface area contributed by atoms with Gasteiger partial charge in [-0.1, -0.05) is 58.4 Å². The van der Waals surface area contributed by atoms with Crippen molar-refractivity contribution in [1.82, 2.24) is 0 Å². The Morgan fingerprint density at radius 1 is 0.828 bits per heavy atom. The summed E-state index contributed by atoms with van der Waals surface area (Å²) in [5, 5.41) is 0. The van der Waals surface area contributed by atoms with Gasteiger partial charge >= 0.3 is 7.12 Å². The number of hydrogen-bond acceptors (Lipinski definition) is 4. The third kappa shape index (κ3) is 5.55. The molecule has 2 aromatic heterocycles. The van der Waals surface area contributed by atoms with E-state index in [1.807, 2.05) is 11.3 Å². The van der Waals surface area contributed by atoms with Crippen LogP contribution in [0.25, 0.3) is 9.75 Å². The molecule has 5 heteroatoms. The second kappa shape index (κ2) is 9.68. The lowest BCUT2D eigenvalue weighted by molar-refractivity contribution is 0.00578. The molecule has 0 aromatic carbocycles. The average Bonchev–Trinajstić information content (AvgIpc) is 3.36. The molecule has 0 N–H and O–H groups in total. The molecule has 2 nitrogen and oxygen atoms in total. The molecule has 1 saturated heterocycles. The van der Waals surface area contributed by atoms with Crippen LogP contribution in [0, 0.1) is 5.92 Å². The van der Waals surface area contributed by atoms with Gasteiger partial charge in [0.15, 0.2) is 0 Å². The lowest BCUT2D eigenvalue weighted by atomic mass is 9.88. The Hall–Kier alpha value is -0.615. The Labute approximate surface area is 186 Å². The van der Waals surface area contributed by atoms with Crippen LogP contribution in [0.2, 0.25) is 0 Å². The van der Waals surface area contributed by atoms with Crippen LogP contribution in [0.15, 0.2) is 24.3 Å². The Balaban J connectivity index is 1.66. The zero-order valence-electron chi connectivity index (χ0n) is 19.0. The Morgan fingerprint density at radius 2 is 1.38 bits per heavy atom. The normalized spacial score (nSPS) is 18.1. The Kier molecular flexibility index (Phi) is 7.69. The predicted molar refractivity (Wildman–Crippen MR) is 130 cm³/mol. The van der Waals surface area contributed by atoms with Gasteiger partial charge < -0.3 is 9.31 Å². The van der Waals surface area contributed by atoms with Crippen LogP contribution in [0.4, 0.5) is 0 Å². The van der Waals surface area contributed by atoms with Crippen molar-refractivity contribution in [2.45, 2.75) is 97.7 Å². The summed E-state index contributed by atoms with van der Waals surface area (Å²) >= 11 is 3.77. The highest BCUT2D eigenvalue weighted by Crippen LogP contribution is 2.38. The lowest BCUT2D eigenvalue weighted by Crippen LogP contribution is -2.41. The van der Waals surface area contributed by atoms with E-state index in [1.165, 1.54) is 59.6 Å². The summed E-state index contributed by atoms with van der Waals surface area (Å²) in [7, 11) is -0.259. The summed E-state index contributed by atoms with van der Waals surface area (Å²) in [5.74, 6) is 0.838. The van der Waals surface area contributed by atoms with Crippen LogP contribution < -0.4 is 4.78 Å². The van der Waals surface area contributed by atoms with Crippen molar-refractivity contribution in [3.8, 4) is 9.75 Å². The van der Waals surface area contributed by atoms with Crippen LogP contribution in [-0.4, -0.2) is 18.3 Å². The smallest absolute Gasteiger partial charge is 0.399 e. The molecule has 2 aromatic rings. The van der Waals surface area contributed by atoms with E-state index in [0.717, 1.165) is 10.7 Å². The fourth-order valence-electron chi connectivity index (χ4n) is 3.81. The highest BCUT2D eigenvalue weighted by Gasteiger charge is 2.52. The van der Waals surface area contributed by atoms with Crippen LogP contribution in [0.3, 0.4) is 0 Å². The third-order valence-corrected chi connectivity index (χ3v) is 8.85. The standard InChI is InChI=1S/C24H37BO2S2/c1-7-9-11-18(12-10-8-2)17-19-13-14-20(28-19)21-15-16-22(29-21)25-26-23(3,4)24(5,6)27-25/h13-16,18H,7-12,17H2,1-6H3. The van der Waals surface area contributed by atoms with Crippen LogP contribution in [0.5, 0.6) is 0 Å². The van der Waals surface area contributed by atoms with Crippen molar-refractivity contribution < 1.29 is 9.31 Å². The summed E-state index contributed by atoms with van der Waals surface area (Å²) in [6.07, 6.45) is 9.29. The zero-order valence-corrected chi connectivity index (χ0v) is 20.7. The van der Waals surface area contributed by atoms with Crippen molar-refractivity contribution in [3.05, 3.63) is 29.1 Å². The molecule has 160 valence electrons. The van der Waals surface area contributed by atoms with Crippen molar-refractivity contribution in [2.24, 2.45) is 5.92 Å². The van der Waals surface area contributed by atoms with Gasteiger partial charge in [-0.3, -0.25) is 0 Å². The number of unbranched alkanes of at least 4 members (excludes halogenated alkanes) is 2. The summed E-state index contributed by atoms with van der Waals surface area (Å²) in [4.78, 5) is 4.23. The number of rotatable bonds is 10. The molecule has 0 bridgehead atoms. The van der Waals surface area contributed by atoms with Gasteiger partial charge in [-0.2, -0.15) is 0 Å². The molecule has 0 amide bonds. The van der Waals surface area contributed by atoms with E-state index in [2.05, 4.69) is 65.8 Å². The highest BCUT2D eigenvalue weighted by molar-refractivity contribution is 7.28. The van der Waals surface area contributed by atoms with E-state index >= 15 is 0 Å². The quantitative estimate of drug-likeness (QED) is 0.366.